The average molecular weight is 581 g/mol. The summed E-state index contributed by atoms with van der Waals surface area (Å²) in [6.45, 7) is -2.51. The van der Waals surface area contributed by atoms with E-state index in [0.29, 0.717) is 0 Å². The number of Topliss-reactive ketones (excluding diaryl/α,β-unsaturated/α-hetero) is 2. The van der Waals surface area contributed by atoms with Crippen molar-refractivity contribution in [2.24, 2.45) is 5.92 Å². The lowest BCUT2D eigenvalue weighted by molar-refractivity contribution is -0.143. The highest BCUT2D eigenvalue weighted by Crippen LogP contribution is 2.27. The molecule has 2 aromatic rings. The number of carboxylic acid groups (broad SMARTS) is 1. The van der Waals surface area contributed by atoms with Crippen LogP contribution in [0.1, 0.15) is 12.8 Å². The molecule has 206 valence electrons. The molecule has 1 amide bonds. The number of amides is 1. The van der Waals surface area contributed by atoms with Gasteiger partial charge in [0.15, 0.2) is 29.0 Å². The molecule has 0 bridgehead atoms. The van der Waals surface area contributed by atoms with Crippen molar-refractivity contribution in [3.05, 3.63) is 46.8 Å². The monoisotopic (exact) mass is 580 g/mol. The summed E-state index contributed by atoms with van der Waals surface area (Å²) in [6, 6.07) is 2.86. The molecular formula is C22H20F4N2O8S2. The molecule has 3 rings (SSSR count). The van der Waals surface area contributed by atoms with Gasteiger partial charge in [-0.1, -0.05) is 6.07 Å². The van der Waals surface area contributed by atoms with Crippen molar-refractivity contribution in [2.75, 3.05) is 32.8 Å². The van der Waals surface area contributed by atoms with Gasteiger partial charge in [-0.2, -0.15) is 13.1 Å². The van der Waals surface area contributed by atoms with Crippen LogP contribution in [0, 0.1) is 29.2 Å². The first-order valence-corrected chi connectivity index (χ1v) is 13.2. The number of piperazine rings is 1. The van der Waals surface area contributed by atoms with Crippen LogP contribution >= 0.6 is 11.3 Å². The van der Waals surface area contributed by atoms with Crippen LogP contribution < -0.4 is 4.74 Å². The number of carboxylic acids is 1. The third-order valence-electron chi connectivity index (χ3n) is 5.52. The topological polar surface area (TPSA) is 138 Å². The van der Waals surface area contributed by atoms with Crippen LogP contribution in [0.15, 0.2) is 27.8 Å². The van der Waals surface area contributed by atoms with E-state index in [-0.39, 0.29) is 23.4 Å². The summed E-state index contributed by atoms with van der Waals surface area (Å²) in [4.78, 5) is 49.8. The molecule has 1 aromatic heterocycles. The number of ketones is 2. The number of sulfonamides is 1. The molecule has 16 heteroatoms. The lowest BCUT2D eigenvalue weighted by Gasteiger charge is -2.33. The Morgan fingerprint density at radius 2 is 1.74 bits per heavy atom. The second-order valence-electron chi connectivity index (χ2n) is 8.18. The molecule has 2 heterocycles. The summed E-state index contributed by atoms with van der Waals surface area (Å²) < 4.78 is 84.9. The third-order valence-corrected chi connectivity index (χ3v) is 8.74. The van der Waals surface area contributed by atoms with Gasteiger partial charge in [0, 0.05) is 31.5 Å². The predicted molar refractivity (Wildman–Crippen MR) is 122 cm³/mol. The Labute approximate surface area is 217 Å². The molecule has 0 spiro atoms. The Hall–Kier alpha value is -3.37. The number of nitrogens with zero attached hydrogens (tertiary/aromatic N) is 2. The van der Waals surface area contributed by atoms with Crippen LogP contribution in [0.3, 0.4) is 0 Å². The van der Waals surface area contributed by atoms with Gasteiger partial charge >= 0.3 is 5.97 Å². The van der Waals surface area contributed by atoms with Gasteiger partial charge in [-0.3, -0.25) is 19.2 Å². The van der Waals surface area contributed by atoms with Crippen molar-refractivity contribution >= 4 is 44.8 Å². The second kappa shape index (κ2) is 12.0. The van der Waals surface area contributed by atoms with Crippen LogP contribution in [0.4, 0.5) is 17.6 Å². The summed E-state index contributed by atoms with van der Waals surface area (Å²) in [5, 5.41) is 10.7. The number of benzene rings is 1. The average Bonchev–Trinajstić information content (AvgIpc) is 3.39. The van der Waals surface area contributed by atoms with Crippen molar-refractivity contribution in [3.63, 3.8) is 0 Å². The maximum absolute atomic E-state index is 13.7. The molecule has 1 aromatic carbocycles. The lowest BCUT2D eigenvalue weighted by Crippen LogP contribution is -2.53. The smallest absolute Gasteiger partial charge is 0.304 e. The summed E-state index contributed by atoms with van der Waals surface area (Å²) in [5.74, 6) is -14.4. The fourth-order valence-corrected chi connectivity index (χ4v) is 6.12. The van der Waals surface area contributed by atoms with E-state index in [2.05, 4.69) is 4.74 Å². The Balaban J connectivity index is 1.61. The molecule has 38 heavy (non-hydrogen) atoms. The van der Waals surface area contributed by atoms with Gasteiger partial charge in [-0.15, -0.1) is 11.3 Å². The number of halogens is 4. The Morgan fingerprint density at radius 3 is 2.29 bits per heavy atom. The van der Waals surface area contributed by atoms with Gasteiger partial charge in [-0.05, 0) is 11.4 Å². The zero-order valence-corrected chi connectivity index (χ0v) is 21.0. The van der Waals surface area contributed by atoms with E-state index in [1.165, 1.54) is 12.1 Å². The highest BCUT2D eigenvalue weighted by atomic mass is 32.2. The summed E-state index contributed by atoms with van der Waals surface area (Å²) in [6.07, 6.45) is -1.57. The zero-order valence-electron chi connectivity index (χ0n) is 19.4. The van der Waals surface area contributed by atoms with E-state index in [1.54, 1.807) is 5.38 Å². The van der Waals surface area contributed by atoms with Gasteiger partial charge in [-0.25, -0.2) is 17.2 Å². The summed E-state index contributed by atoms with van der Waals surface area (Å²) >= 11 is 0.978. The third kappa shape index (κ3) is 6.73. The van der Waals surface area contributed by atoms with E-state index in [9.17, 15) is 45.2 Å². The molecule has 0 radical (unpaired) electrons. The summed E-state index contributed by atoms with van der Waals surface area (Å²) in [7, 11) is -3.89. The number of aliphatic carboxylic acids is 1. The predicted octanol–water partition coefficient (Wildman–Crippen LogP) is 1.84. The molecule has 0 unspecified atom stereocenters. The van der Waals surface area contributed by atoms with Crippen molar-refractivity contribution in [1.82, 2.24) is 9.21 Å². The standard InChI is InChI=1S/C22H20F4N2O8S2/c23-14-8-15(24)21(26)22(20(14)25)36-11-16(30)12(7-18(32)33)6-13(29)9-27-3-4-28(10-17(27)31)38(34,35)19-2-1-5-37-19/h1-2,5,8,12H,3-4,6-7,9-11H2,(H,32,33)/t12-/m0/s1. The highest BCUT2D eigenvalue weighted by Gasteiger charge is 2.35. The number of rotatable bonds is 12. The van der Waals surface area contributed by atoms with Crippen LogP contribution in [-0.4, -0.2) is 79.0 Å². The van der Waals surface area contributed by atoms with Crippen molar-refractivity contribution < 1.29 is 55.0 Å². The normalized spacial score (nSPS) is 15.4. The molecule has 0 saturated carbocycles. The fraction of sp³-hybridized carbons (Fsp3) is 0.364. The Kier molecular flexibility index (Phi) is 9.22. The quantitative estimate of drug-likeness (QED) is 0.297. The minimum absolute atomic E-state index is 0.0489. The van der Waals surface area contributed by atoms with E-state index in [4.69, 9.17) is 5.11 Å². The molecule has 1 aliphatic rings. The van der Waals surface area contributed by atoms with Crippen molar-refractivity contribution in [2.45, 2.75) is 17.1 Å². The van der Waals surface area contributed by atoms with Crippen molar-refractivity contribution in [3.8, 4) is 5.75 Å². The van der Waals surface area contributed by atoms with Gasteiger partial charge in [0.1, 0.15) is 10.8 Å². The second-order valence-corrected chi connectivity index (χ2v) is 11.3. The van der Waals surface area contributed by atoms with Gasteiger partial charge in [0.2, 0.25) is 17.5 Å². The number of thiophene rings is 1. The molecule has 1 atom stereocenters. The lowest BCUT2D eigenvalue weighted by atomic mass is 9.94. The number of carbonyl (C=O) groups excluding carboxylic acids is 3. The molecule has 0 aliphatic carbocycles. The minimum atomic E-state index is -3.89. The first-order chi connectivity index (χ1) is 17.8. The Morgan fingerprint density at radius 1 is 1.08 bits per heavy atom. The van der Waals surface area contributed by atoms with E-state index in [0.717, 1.165) is 20.5 Å². The SMILES string of the molecule is O=C(O)C[C@H](CC(=O)CN1CCN(S(=O)(=O)c2cccs2)CC1=O)C(=O)COc1c(F)c(F)cc(F)c1F. The zero-order chi connectivity index (χ0) is 28.2. The fourth-order valence-electron chi connectivity index (χ4n) is 3.60. The number of hydrogen-bond acceptors (Lipinski definition) is 8. The van der Waals surface area contributed by atoms with E-state index >= 15 is 0 Å². The molecule has 1 aliphatic heterocycles. The first kappa shape index (κ1) is 29.2. The van der Waals surface area contributed by atoms with Crippen molar-refractivity contribution in [1.29, 1.82) is 0 Å². The number of ether oxygens (including phenoxy) is 1. The first-order valence-electron chi connectivity index (χ1n) is 10.8. The van der Waals surface area contributed by atoms with Gasteiger partial charge in [0.25, 0.3) is 10.0 Å². The van der Waals surface area contributed by atoms with E-state index in [1.807, 2.05) is 0 Å². The minimum Gasteiger partial charge on any atom is -0.481 e. The van der Waals surface area contributed by atoms with Crippen LogP contribution in [0.25, 0.3) is 0 Å². The van der Waals surface area contributed by atoms with Crippen LogP contribution in [0.5, 0.6) is 5.75 Å². The van der Waals surface area contributed by atoms with Crippen LogP contribution in [-0.2, 0) is 29.2 Å². The van der Waals surface area contributed by atoms with E-state index < -0.39 is 101 Å². The molecule has 1 saturated heterocycles. The van der Waals surface area contributed by atoms with Gasteiger partial charge < -0.3 is 14.7 Å². The summed E-state index contributed by atoms with van der Waals surface area (Å²) in [5.41, 5.74) is 0. The van der Waals surface area contributed by atoms with Crippen LogP contribution in [0.2, 0.25) is 0 Å². The highest BCUT2D eigenvalue weighted by molar-refractivity contribution is 7.91. The molecular weight excluding hydrogens is 560 g/mol. The number of carbonyl (C=O) groups is 4. The molecule has 1 fully saturated rings. The largest absolute Gasteiger partial charge is 0.481 e. The molecule has 10 nitrogen and oxygen atoms in total. The molecule has 1 N–H and O–H groups in total. The maximum atomic E-state index is 13.7. The number of hydrogen-bond donors (Lipinski definition) is 1. The Bertz CT molecular complexity index is 1330. The van der Waals surface area contributed by atoms with Gasteiger partial charge in [0.05, 0.1) is 19.5 Å². The maximum Gasteiger partial charge on any atom is 0.304 e.